The zero-order valence-corrected chi connectivity index (χ0v) is 12.1. The minimum Gasteiger partial charge on any atom is -0.478 e. The molecule has 0 spiro atoms. The van der Waals surface area contributed by atoms with Crippen molar-refractivity contribution in [3.05, 3.63) is 62.8 Å². The predicted molar refractivity (Wildman–Crippen MR) is 78.9 cm³/mol. The third-order valence-electron chi connectivity index (χ3n) is 2.60. The fourth-order valence-corrected chi connectivity index (χ4v) is 2.70. The van der Waals surface area contributed by atoms with Gasteiger partial charge in [0.05, 0.1) is 15.5 Å². The number of carboxylic acid groups (broad SMARTS) is 1. The lowest BCUT2D eigenvalue weighted by Crippen LogP contribution is -1.97. The normalized spacial score (nSPS) is 10.3. The van der Waals surface area contributed by atoms with E-state index >= 15 is 0 Å². The van der Waals surface area contributed by atoms with Crippen LogP contribution in [0.2, 0.25) is 5.02 Å². The molecule has 0 aliphatic carbocycles. The van der Waals surface area contributed by atoms with Crippen molar-refractivity contribution in [2.75, 3.05) is 0 Å². The summed E-state index contributed by atoms with van der Waals surface area (Å²) < 4.78 is 0. The summed E-state index contributed by atoms with van der Waals surface area (Å²) in [5, 5.41) is 20.7. The van der Waals surface area contributed by atoms with Crippen LogP contribution in [0, 0.1) is 10.1 Å². The molecular formula is C13H9ClN2O4S. The van der Waals surface area contributed by atoms with Gasteiger partial charge in [-0.15, -0.1) is 11.8 Å². The summed E-state index contributed by atoms with van der Waals surface area (Å²) in [6.45, 7) is 0. The summed E-state index contributed by atoms with van der Waals surface area (Å²) in [4.78, 5) is 25.4. The number of carboxylic acids is 1. The van der Waals surface area contributed by atoms with E-state index < -0.39 is 10.9 Å². The van der Waals surface area contributed by atoms with Gasteiger partial charge in [0.1, 0.15) is 0 Å². The standard InChI is InChI=1S/C13H9ClN2O4S/c14-10-1-2-11(16(19)20)9(5-10)7-21-12-6-8(13(17)18)3-4-15-12/h1-6H,7H2,(H,17,18). The molecule has 0 radical (unpaired) electrons. The average Bonchev–Trinajstić information content (AvgIpc) is 2.45. The molecule has 108 valence electrons. The highest BCUT2D eigenvalue weighted by Crippen LogP contribution is 2.29. The molecule has 1 aromatic carbocycles. The van der Waals surface area contributed by atoms with Crippen LogP contribution in [0.5, 0.6) is 0 Å². The van der Waals surface area contributed by atoms with Gasteiger partial charge in [0, 0.05) is 28.6 Å². The van der Waals surface area contributed by atoms with E-state index in [2.05, 4.69) is 4.98 Å². The lowest BCUT2D eigenvalue weighted by Gasteiger charge is -2.04. The Morgan fingerprint density at radius 2 is 2.14 bits per heavy atom. The summed E-state index contributed by atoms with van der Waals surface area (Å²) >= 11 is 7.05. The SMILES string of the molecule is O=C(O)c1ccnc(SCc2cc(Cl)ccc2[N+](=O)[O-])c1. The molecule has 0 fully saturated rings. The Hall–Kier alpha value is -2.12. The van der Waals surface area contributed by atoms with Gasteiger partial charge in [0.25, 0.3) is 5.69 Å². The molecule has 0 bridgehead atoms. The number of hydrogen-bond acceptors (Lipinski definition) is 5. The molecule has 1 heterocycles. The van der Waals surface area contributed by atoms with Gasteiger partial charge in [-0.25, -0.2) is 9.78 Å². The fourth-order valence-electron chi connectivity index (χ4n) is 1.62. The Morgan fingerprint density at radius 3 is 2.81 bits per heavy atom. The van der Waals surface area contributed by atoms with Crippen LogP contribution in [0.4, 0.5) is 5.69 Å². The Kier molecular flexibility index (Phi) is 4.77. The van der Waals surface area contributed by atoms with Gasteiger partial charge >= 0.3 is 5.97 Å². The molecule has 6 nitrogen and oxygen atoms in total. The van der Waals surface area contributed by atoms with Gasteiger partial charge in [-0.05, 0) is 24.3 Å². The topological polar surface area (TPSA) is 93.3 Å². The Morgan fingerprint density at radius 1 is 1.38 bits per heavy atom. The molecule has 0 saturated carbocycles. The van der Waals surface area contributed by atoms with Crippen molar-refractivity contribution in [2.24, 2.45) is 0 Å². The number of aromatic nitrogens is 1. The summed E-state index contributed by atoms with van der Waals surface area (Å²) in [5.41, 5.74) is 0.550. The number of nitro benzene ring substituents is 1. The first-order valence-corrected chi connectivity index (χ1v) is 7.08. The highest BCUT2D eigenvalue weighted by molar-refractivity contribution is 7.98. The first kappa shape index (κ1) is 15.3. The number of hydrogen-bond donors (Lipinski definition) is 1. The van der Waals surface area contributed by atoms with Crippen molar-refractivity contribution in [1.82, 2.24) is 4.98 Å². The van der Waals surface area contributed by atoms with Crippen LogP contribution in [-0.4, -0.2) is 21.0 Å². The number of aromatic carboxylic acids is 1. The molecule has 8 heteroatoms. The molecule has 1 aromatic heterocycles. The Labute approximate surface area is 128 Å². The molecule has 0 atom stereocenters. The molecule has 0 aliphatic rings. The van der Waals surface area contributed by atoms with Gasteiger partial charge in [-0.1, -0.05) is 11.6 Å². The van der Waals surface area contributed by atoms with E-state index in [-0.39, 0.29) is 17.0 Å². The van der Waals surface area contributed by atoms with Crippen LogP contribution in [0.25, 0.3) is 0 Å². The van der Waals surface area contributed by atoms with Crippen molar-refractivity contribution in [3.63, 3.8) is 0 Å². The molecule has 21 heavy (non-hydrogen) atoms. The summed E-state index contributed by atoms with van der Waals surface area (Å²) in [7, 11) is 0. The molecule has 1 N–H and O–H groups in total. The molecule has 2 aromatic rings. The summed E-state index contributed by atoms with van der Waals surface area (Å²) in [6.07, 6.45) is 1.39. The van der Waals surface area contributed by atoms with Crippen LogP contribution < -0.4 is 0 Å². The molecule has 2 rings (SSSR count). The number of nitrogens with zero attached hydrogens (tertiary/aromatic N) is 2. The maximum absolute atomic E-state index is 10.9. The van der Waals surface area contributed by atoms with E-state index in [0.29, 0.717) is 15.6 Å². The number of thioether (sulfide) groups is 1. The molecular weight excluding hydrogens is 316 g/mol. The quantitative estimate of drug-likeness (QED) is 0.512. The Bertz CT molecular complexity index is 708. The zero-order valence-electron chi connectivity index (χ0n) is 10.5. The Balaban J connectivity index is 2.20. The third-order valence-corrected chi connectivity index (χ3v) is 3.81. The lowest BCUT2D eigenvalue weighted by atomic mass is 10.2. The van der Waals surface area contributed by atoms with Gasteiger partial charge in [-0.3, -0.25) is 10.1 Å². The van der Waals surface area contributed by atoms with E-state index in [4.69, 9.17) is 16.7 Å². The van der Waals surface area contributed by atoms with Gasteiger partial charge in [0.15, 0.2) is 0 Å². The van der Waals surface area contributed by atoms with Crippen LogP contribution in [-0.2, 0) is 5.75 Å². The van der Waals surface area contributed by atoms with Crippen LogP contribution >= 0.6 is 23.4 Å². The summed E-state index contributed by atoms with van der Waals surface area (Å²) in [5.74, 6) is -0.777. The van der Waals surface area contributed by atoms with Crippen molar-refractivity contribution < 1.29 is 14.8 Å². The molecule has 0 aliphatic heterocycles. The van der Waals surface area contributed by atoms with Crippen molar-refractivity contribution in [3.8, 4) is 0 Å². The zero-order chi connectivity index (χ0) is 15.4. The van der Waals surface area contributed by atoms with Gasteiger partial charge < -0.3 is 5.11 Å². The van der Waals surface area contributed by atoms with Crippen LogP contribution in [0.1, 0.15) is 15.9 Å². The lowest BCUT2D eigenvalue weighted by molar-refractivity contribution is -0.385. The van der Waals surface area contributed by atoms with Gasteiger partial charge in [0.2, 0.25) is 0 Å². The average molecular weight is 325 g/mol. The van der Waals surface area contributed by atoms with Crippen LogP contribution in [0.3, 0.4) is 0 Å². The van der Waals surface area contributed by atoms with Crippen molar-refractivity contribution in [1.29, 1.82) is 0 Å². The highest BCUT2D eigenvalue weighted by atomic mass is 35.5. The predicted octanol–water partition coefficient (Wildman–Crippen LogP) is 3.63. The van der Waals surface area contributed by atoms with Crippen molar-refractivity contribution >= 4 is 35.0 Å². The van der Waals surface area contributed by atoms with Crippen molar-refractivity contribution in [2.45, 2.75) is 10.8 Å². The maximum atomic E-state index is 10.9. The second kappa shape index (κ2) is 6.55. The number of rotatable bonds is 5. The first-order valence-electron chi connectivity index (χ1n) is 5.72. The van der Waals surface area contributed by atoms with E-state index in [1.807, 2.05) is 0 Å². The number of nitro groups is 1. The van der Waals surface area contributed by atoms with E-state index in [9.17, 15) is 14.9 Å². The fraction of sp³-hybridized carbons (Fsp3) is 0.0769. The van der Waals surface area contributed by atoms with E-state index in [0.717, 1.165) is 0 Å². The summed E-state index contributed by atoms with van der Waals surface area (Å²) in [6, 6.07) is 7.13. The molecule has 0 saturated heterocycles. The van der Waals surface area contributed by atoms with Gasteiger partial charge in [-0.2, -0.15) is 0 Å². The minimum atomic E-state index is -1.05. The van der Waals surface area contributed by atoms with E-state index in [1.165, 1.54) is 48.3 Å². The smallest absolute Gasteiger partial charge is 0.335 e. The number of carbonyl (C=O) groups is 1. The molecule has 0 unspecified atom stereocenters. The second-order valence-corrected chi connectivity index (χ2v) is 5.44. The van der Waals surface area contributed by atoms with E-state index in [1.54, 1.807) is 0 Å². The number of benzene rings is 1. The second-order valence-electron chi connectivity index (χ2n) is 4.01. The number of pyridine rings is 1. The maximum Gasteiger partial charge on any atom is 0.335 e. The first-order chi connectivity index (χ1) is 9.97. The number of halogens is 1. The monoisotopic (exact) mass is 324 g/mol. The molecule has 0 amide bonds. The van der Waals surface area contributed by atoms with Crippen LogP contribution in [0.15, 0.2) is 41.6 Å². The third kappa shape index (κ3) is 3.93. The minimum absolute atomic E-state index is 0.0266. The highest BCUT2D eigenvalue weighted by Gasteiger charge is 2.14. The largest absolute Gasteiger partial charge is 0.478 e.